The molecule has 2 rings (SSSR count). The number of hydrogen-bond donors (Lipinski definition) is 1. The largest absolute Gasteiger partial charge is 0.497 e. The summed E-state index contributed by atoms with van der Waals surface area (Å²) >= 11 is 0. The number of rotatable bonds is 10. The predicted molar refractivity (Wildman–Crippen MR) is 114 cm³/mol. The number of hydrogen-bond acceptors (Lipinski definition) is 4. The van der Waals surface area contributed by atoms with Gasteiger partial charge in [-0.25, -0.2) is 0 Å². The second kappa shape index (κ2) is 11.3. The fourth-order valence-electron chi connectivity index (χ4n) is 3.06. The molecular formula is C23H25F3N2O4. The molecule has 0 spiro atoms. The Morgan fingerprint density at radius 3 is 2.25 bits per heavy atom. The zero-order valence-electron chi connectivity index (χ0n) is 17.9. The Labute approximate surface area is 184 Å². The van der Waals surface area contributed by atoms with Crippen molar-refractivity contribution in [1.29, 1.82) is 0 Å². The van der Waals surface area contributed by atoms with Gasteiger partial charge in [-0.05, 0) is 49.7 Å². The van der Waals surface area contributed by atoms with Crippen molar-refractivity contribution < 1.29 is 32.3 Å². The van der Waals surface area contributed by atoms with E-state index >= 15 is 0 Å². The minimum Gasteiger partial charge on any atom is -0.497 e. The van der Waals surface area contributed by atoms with E-state index in [1.165, 1.54) is 24.1 Å². The first-order valence-corrected chi connectivity index (χ1v) is 10.1. The molecule has 0 aliphatic heterocycles. The number of ketones is 1. The van der Waals surface area contributed by atoms with Crippen LogP contribution >= 0.6 is 0 Å². The lowest BCUT2D eigenvalue weighted by molar-refractivity contribution is -0.137. The molecule has 0 aliphatic carbocycles. The summed E-state index contributed by atoms with van der Waals surface area (Å²) in [6, 6.07) is 11.3. The first kappa shape index (κ1) is 24.9. The molecule has 0 unspecified atom stereocenters. The Kier molecular flexibility index (Phi) is 8.80. The minimum absolute atomic E-state index is 0.0438. The van der Waals surface area contributed by atoms with Crippen LogP contribution in [-0.2, 0) is 15.8 Å². The second-order valence-electron chi connectivity index (χ2n) is 7.00. The van der Waals surface area contributed by atoms with Crippen LogP contribution < -0.4 is 10.1 Å². The Morgan fingerprint density at radius 1 is 1.00 bits per heavy atom. The molecule has 0 heterocycles. The summed E-state index contributed by atoms with van der Waals surface area (Å²) < 4.78 is 44.3. The van der Waals surface area contributed by atoms with Crippen molar-refractivity contribution in [2.45, 2.75) is 32.4 Å². The van der Waals surface area contributed by atoms with Crippen LogP contribution in [0.4, 0.5) is 18.9 Å². The fraction of sp³-hybridized carbons (Fsp3) is 0.348. The summed E-state index contributed by atoms with van der Waals surface area (Å²) in [5.41, 5.74) is -0.813. The van der Waals surface area contributed by atoms with Crippen LogP contribution in [0.2, 0.25) is 0 Å². The number of benzene rings is 2. The molecule has 0 atom stereocenters. The Bertz CT molecular complexity index is 943. The lowest BCUT2D eigenvalue weighted by Gasteiger charge is -2.21. The molecule has 0 radical (unpaired) electrons. The number of Topliss-reactive ketones (excluding diaryl/α,β-unsaturated/α-hetero) is 1. The van der Waals surface area contributed by atoms with Crippen molar-refractivity contribution in [3.8, 4) is 5.75 Å². The lowest BCUT2D eigenvalue weighted by atomic mass is 10.1. The monoisotopic (exact) mass is 450 g/mol. The number of amides is 2. The van der Waals surface area contributed by atoms with Crippen LogP contribution in [-0.4, -0.2) is 42.7 Å². The van der Waals surface area contributed by atoms with Crippen LogP contribution in [0.5, 0.6) is 5.75 Å². The normalized spacial score (nSPS) is 11.0. The van der Waals surface area contributed by atoms with Crippen LogP contribution in [0.1, 0.15) is 42.1 Å². The van der Waals surface area contributed by atoms with Crippen molar-refractivity contribution >= 4 is 23.3 Å². The van der Waals surface area contributed by atoms with Gasteiger partial charge >= 0.3 is 6.18 Å². The van der Waals surface area contributed by atoms with Crippen molar-refractivity contribution in [3.63, 3.8) is 0 Å². The van der Waals surface area contributed by atoms with Crippen molar-refractivity contribution in [3.05, 3.63) is 59.7 Å². The van der Waals surface area contributed by atoms with Gasteiger partial charge in [0.05, 0.1) is 24.9 Å². The maximum absolute atomic E-state index is 13.1. The highest BCUT2D eigenvalue weighted by atomic mass is 19.4. The van der Waals surface area contributed by atoms with Gasteiger partial charge in [-0.2, -0.15) is 13.2 Å². The van der Waals surface area contributed by atoms with E-state index < -0.39 is 17.6 Å². The summed E-state index contributed by atoms with van der Waals surface area (Å²) in [7, 11) is 1.53. The average Bonchev–Trinajstić information content (AvgIpc) is 2.77. The smallest absolute Gasteiger partial charge is 0.418 e. The molecule has 6 nitrogen and oxygen atoms in total. The SMILES string of the molecule is CCN(CC(=O)Nc1ccccc1C(F)(F)F)C(=O)CCCC(=O)c1ccc(OC)cc1. The molecule has 2 amide bonds. The van der Waals surface area contributed by atoms with Crippen molar-refractivity contribution in [2.75, 3.05) is 25.5 Å². The molecule has 0 aliphatic rings. The molecular weight excluding hydrogens is 425 g/mol. The van der Waals surface area contributed by atoms with Crippen LogP contribution in [0.15, 0.2) is 48.5 Å². The quantitative estimate of drug-likeness (QED) is 0.539. The standard InChI is InChI=1S/C23H25F3N2O4/c1-3-28(15-21(30)27-19-8-5-4-7-18(19)23(24,25)26)22(31)10-6-9-20(29)16-11-13-17(32-2)14-12-16/h4-5,7-8,11-14H,3,6,9-10,15H2,1-2H3,(H,27,30). The minimum atomic E-state index is -4.61. The van der Waals surface area contributed by atoms with Gasteiger partial charge in [-0.15, -0.1) is 0 Å². The van der Waals surface area contributed by atoms with E-state index in [2.05, 4.69) is 5.32 Å². The Balaban J connectivity index is 1.87. The van der Waals surface area contributed by atoms with Crippen molar-refractivity contribution in [2.24, 2.45) is 0 Å². The highest BCUT2D eigenvalue weighted by Crippen LogP contribution is 2.34. The number of methoxy groups -OCH3 is 1. The molecule has 172 valence electrons. The first-order valence-electron chi connectivity index (χ1n) is 10.1. The fourth-order valence-corrected chi connectivity index (χ4v) is 3.06. The number of nitrogens with one attached hydrogen (secondary N) is 1. The topological polar surface area (TPSA) is 75.7 Å². The van der Waals surface area contributed by atoms with E-state index in [0.717, 1.165) is 12.1 Å². The third kappa shape index (κ3) is 7.11. The predicted octanol–water partition coefficient (Wildman–Crippen LogP) is 4.55. The van der Waals surface area contributed by atoms with Crippen LogP contribution in [0.3, 0.4) is 0 Å². The average molecular weight is 450 g/mol. The number of carbonyl (C=O) groups excluding carboxylic acids is 3. The van der Waals surface area contributed by atoms with Gasteiger partial charge in [0.2, 0.25) is 11.8 Å². The van der Waals surface area contributed by atoms with Crippen LogP contribution in [0.25, 0.3) is 0 Å². The van der Waals surface area contributed by atoms with Gasteiger partial charge in [-0.1, -0.05) is 12.1 Å². The number of nitrogens with zero attached hydrogens (tertiary/aromatic N) is 1. The van der Waals surface area contributed by atoms with E-state index in [1.807, 2.05) is 0 Å². The molecule has 2 aromatic carbocycles. The van der Waals surface area contributed by atoms with Gasteiger partial charge in [0.1, 0.15) is 5.75 Å². The maximum Gasteiger partial charge on any atom is 0.418 e. The zero-order valence-corrected chi connectivity index (χ0v) is 17.9. The molecule has 0 saturated heterocycles. The summed E-state index contributed by atoms with van der Waals surface area (Å²) in [5, 5.41) is 2.22. The highest BCUT2D eigenvalue weighted by Gasteiger charge is 2.33. The number of likely N-dealkylation sites (N-methyl/N-ethyl adjacent to an activating group) is 1. The molecule has 0 bridgehead atoms. The maximum atomic E-state index is 13.1. The number of para-hydroxylation sites is 1. The molecule has 9 heteroatoms. The summed E-state index contributed by atoms with van der Waals surface area (Å²) in [4.78, 5) is 38.2. The Morgan fingerprint density at radius 2 is 1.66 bits per heavy atom. The van der Waals surface area contributed by atoms with E-state index in [1.54, 1.807) is 31.2 Å². The van der Waals surface area contributed by atoms with Gasteiger partial charge in [0, 0.05) is 24.9 Å². The van der Waals surface area contributed by atoms with E-state index in [-0.39, 0.29) is 43.3 Å². The van der Waals surface area contributed by atoms with Crippen molar-refractivity contribution in [1.82, 2.24) is 4.90 Å². The third-order valence-electron chi connectivity index (χ3n) is 4.78. The molecule has 0 aromatic heterocycles. The molecule has 0 fully saturated rings. The zero-order chi connectivity index (χ0) is 23.7. The van der Waals surface area contributed by atoms with Gasteiger partial charge in [0.25, 0.3) is 0 Å². The number of ether oxygens (including phenoxy) is 1. The Hall–Kier alpha value is -3.36. The number of halogens is 3. The van der Waals surface area contributed by atoms with E-state index in [9.17, 15) is 27.6 Å². The molecule has 1 N–H and O–H groups in total. The molecule has 32 heavy (non-hydrogen) atoms. The highest BCUT2D eigenvalue weighted by molar-refractivity contribution is 5.97. The second-order valence-corrected chi connectivity index (χ2v) is 7.00. The lowest BCUT2D eigenvalue weighted by Crippen LogP contribution is -2.38. The van der Waals surface area contributed by atoms with E-state index in [4.69, 9.17) is 4.74 Å². The molecule has 0 saturated carbocycles. The number of alkyl halides is 3. The van der Waals surface area contributed by atoms with Gasteiger partial charge in [-0.3, -0.25) is 14.4 Å². The number of anilines is 1. The summed E-state index contributed by atoms with van der Waals surface area (Å²) in [6.07, 6.45) is -4.12. The summed E-state index contributed by atoms with van der Waals surface area (Å²) in [5.74, 6) is -0.572. The molecule has 2 aromatic rings. The summed E-state index contributed by atoms with van der Waals surface area (Å²) in [6.45, 7) is 1.49. The van der Waals surface area contributed by atoms with Gasteiger partial charge in [0.15, 0.2) is 5.78 Å². The van der Waals surface area contributed by atoms with Crippen LogP contribution in [0, 0.1) is 0 Å². The van der Waals surface area contributed by atoms with Gasteiger partial charge < -0.3 is 15.0 Å². The van der Waals surface area contributed by atoms with E-state index in [0.29, 0.717) is 17.7 Å². The third-order valence-corrected chi connectivity index (χ3v) is 4.78. The first-order chi connectivity index (χ1) is 15.2. The number of carbonyl (C=O) groups is 3.